The molecule has 1 aromatic heterocycles. The van der Waals surface area contributed by atoms with Crippen LogP contribution in [0.15, 0.2) is 17.4 Å². The molecule has 0 spiro atoms. The molecule has 0 aromatic carbocycles. The molecule has 2 heterocycles. The molecule has 1 saturated heterocycles. The van der Waals surface area contributed by atoms with Crippen molar-refractivity contribution < 1.29 is 13.2 Å². The maximum absolute atomic E-state index is 11.3. The number of sulfone groups is 1. The van der Waals surface area contributed by atoms with Crippen LogP contribution in [0.3, 0.4) is 0 Å². The third-order valence-electron chi connectivity index (χ3n) is 2.34. The summed E-state index contributed by atoms with van der Waals surface area (Å²) in [5, 5.41) is 0.0593. The molecule has 0 radical (unpaired) electrons. The molecule has 0 bridgehead atoms. The number of morpholine rings is 1. The van der Waals surface area contributed by atoms with Gasteiger partial charge in [-0.1, -0.05) is 0 Å². The Morgan fingerprint density at radius 3 is 2.62 bits per heavy atom. The van der Waals surface area contributed by atoms with Gasteiger partial charge in [-0.2, -0.15) is 0 Å². The van der Waals surface area contributed by atoms with Gasteiger partial charge < -0.3 is 9.64 Å². The van der Waals surface area contributed by atoms with E-state index in [2.05, 4.69) is 9.97 Å². The van der Waals surface area contributed by atoms with Gasteiger partial charge >= 0.3 is 0 Å². The monoisotopic (exact) mass is 243 g/mol. The van der Waals surface area contributed by atoms with Gasteiger partial charge in [0.05, 0.1) is 13.2 Å². The van der Waals surface area contributed by atoms with E-state index >= 15 is 0 Å². The predicted molar refractivity (Wildman–Crippen MR) is 58.2 cm³/mol. The molecule has 6 nitrogen and oxygen atoms in total. The zero-order chi connectivity index (χ0) is 11.6. The lowest BCUT2D eigenvalue weighted by Crippen LogP contribution is -2.36. The average Bonchev–Trinajstić information content (AvgIpc) is 2.29. The number of ether oxygens (including phenoxy) is 1. The minimum atomic E-state index is -3.27. The topological polar surface area (TPSA) is 72.4 Å². The molecule has 16 heavy (non-hydrogen) atoms. The maximum atomic E-state index is 11.3. The summed E-state index contributed by atoms with van der Waals surface area (Å²) in [6.45, 7) is 2.72. The number of anilines is 1. The third-order valence-corrected chi connectivity index (χ3v) is 3.33. The lowest BCUT2D eigenvalue weighted by molar-refractivity contribution is 0.122. The summed E-state index contributed by atoms with van der Waals surface area (Å²) in [4.78, 5) is 9.81. The summed E-state index contributed by atoms with van der Waals surface area (Å²) in [7, 11) is -3.27. The zero-order valence-corrected chi connectivity index (χ0v) is 9.77. The minimum Gasteiger partial charge on any atom is -0.378 e. The molecule has 1 fully saturated rings. The van der Waals surface area contributed by atoms with Crippen molar-refractivity contribution in [3.63, 3.8) is 0 Å². The Morgan fingerprint density at radius 1 is 1.31 bits per heavy atom. The van der Waals surface area contributed by atoms with Crippen LogP contribution in [0.5, 0.6) is 0 Å². The van der Waals surface area contributed by atoms with Crippen molar-refractivity contribution in [2.75, 3.05) is 37.5 Å². The first-order valence-electron chi connectivity index (χ1n) is 4.92. The Kier molecular flexibility index (Phi) is 3.06. The van der Waals surface area contributed by atoms with Crippen LogP contribution in [0.25, 0.3) is 0 Å². The number of hydrogen-bond acceptors (Lipinski definition) is 6. The molecule has 0 aliphatic carbocycles. The predicted octanol–water partition coefficient (Wildman–Crippen LogP) is -0.283. The Morgan fingerprint density at radius 2 is 2.00 bits per heavy atom. The fourth-order valence-corrected chi connectivity index (χ4v) is 2.06. The van der Waals surface area contributed by atoms with E-state index in [0.717, 1.165) is 19.3 Å². The van der Waals surface area contributed by atoms with Crippen molar-refractivity contribution >= 4 is 15.7 Å². The van der Waals surface area contributed by atoms with Gasteiger partial charge in [-0.3, -0.25) is 0 Å². The Labute approximate surface area is 94.2 Å². The Bertz CT molecular complexity index is 469. The Hall–Kier alpha value is -1.21. The van der Waals surface area contributed by atoms with E-state index in [0.29, 0.717) is 19.0 Å². The fourth-order valence-electron chi connectivity index (χ4n) is 1.50. The smallest absolute Gasteiger partial charge is 0.192 e. The van der Waals surface area contributed by atoms with Crippen molar-refractivity contribution in [2.24, 2.45) is 0 Å². The van der Waals surface area contributed by atoms with E-state index in [1.54, 1.807) is 0 Å². The van der Waals surface area contributed by atoms with Crippen molar-refractivity contribution in [2.45, 2.75) is 5.03 Å². The van der Waals surface area contributed by atoms with E-state index < -0.39 is 9.84 Å². The van der Waals surface area contributed by atoms with Crippen LogP contribution in [0.4, 0.5) is 5.82 Å². The summed E-state index contributed by atoms with van der Waals surface area (Å²) in [5.74, 6) is 0.638. The molecule has 1 aliphatic rings. The molecular weight excluding hydrogens is 230 g/mol. The standard InChI is InChI=1S/C9H13N3O3S/c1-16(13,14)9-6-8(10-7-11-9)12-2-4-15-5-3-12/h6-7H,2-5H2,1H3. The summed E-state index contributed by atoms with van der Waals surface area (Å²) >= 11 is 0. The summed E-state index contributed by atoms with van der Waals surface area (Å²) in [5.41, 5.74) is 0. The normalized spacial score (nSPS) is 17.4. The van der Waals surface area contributed by atoms with Gasteiger partial charge in [0.25, 0.3) is 0 Å². The first-order chi connectivity index (χ1) is 7.57. The van der Waals surface area contributed by atoms with E-state index in [1.165, 1.54) is 12.4 Å². The molecular formula is C9H13N3O3S. The van der Waals surface area contributed by atoms with Crippen LogP contribution in [-0.4, -0.2) is 50.9 Å². The largest absolute Gasteiger partial charge is 0.378 e. The van der Waals surface area contributed by atoms with Gasteiger partial charge in [-0.15, -0.1) is 0 Å². The highest BCUT2D eigenvalue weighted by Gasteiger charge is 2.16. The lowest BCUT2D eigenvalue weighted by atomic mass is 10.4. The Balaban J connectivity index is 2.28. The number of aromatic nitrogens is 2. The summed E-state index contributed by atoms with van der Waals surface area (Å²) in [6.07, 6.45) is 2.42. The molecule has 0 unspecified atom stereocenters. The molecule has 0 saturated carbocycles. The SMILES string of the molecule is CS(=O)(=O)c1cc(N2CCOCC2)ncn1. The van der Waals surface area contributed by atoms with Gasteiger partial charge in [0, 0.05) is 25.4 Å². The molecule has 0 atom stereocenters. The number of nitrogens with zero attached hydrogens (tertiary/aromatic N) is 3. The molecule has 0 amide bonds. The highest BCUT2D eigenvalue weighted by Crippen LogP contribution is 2.15. The molecule has 0 N–H and O–H groups in total. The van der Waals surface area contributed by atoms with Crippen molar-refractivity contribution in [3.8, 4) is 0 Å². The number of rotatable bonds is 2. The fraction of sp³-hybridized carbons (Fsp3) is 0.556. The van der Waals surface area contributed by atoms with Gasteiger partial charge in [-0.25, -0.2) is 18.4 Å². The molecule has 2 rings (SSSR count). The third kappa shape index (κ3) is 2.48. The van der Waals surface area contributed by atoms with Crippen molar-refractivity contribution in [1.82, 2.24) is 9.97 Å². The van der Waals surface area contributed by atoms with Crippen LogP contribution in [0.2, 0.25) is 0 Å². The summed E-state index contributed by atoms with van der Waals surface area (Å²) < 4.78 is 27.9. The van der Waals surface area contributed by atoms with Gasteiger partial charge in [0.2, 0.25) is 0 Å². The number of hydrogen-bond donors (Lipinski definition) is 0. The van der Waals surface area contributed by atoms with Crippen LogP contribution in [0, 0.1) is 0 Å². The van der Waals surface area contributed by atoms with Gasteiger partial charge in [0.1, 0.15) is 12.1 Å². The molecule has 1 aromatic rings. The quantitative estimate of drug-likeness (QED) is 0.665. The van der Waals surface area contributed by atoms with Gasteiger partial charge in [-0.05, 0) is 0 Å². The van der Waals surface area contributed by atoms with Crippen molar-refractivity contribution in [1.29, 1.82) is 0 Å². The second kappa shape index (κ2) is 4.34. The summed E-state index contributed by atoms with van der Waals surface area (Å²) in [6, 6.07) is 1.50. The minimum absolute atomic E-state index is 0.0593. The average molecular weight is 243 g/mol. The van der Waals surface area contributed by atoms with E-state index in [1.807, 2.05) is 4.90 Å². The zero-order valence-electron chi connectivity index (χ0n) is 8.96. The van der Waals surface area contributed by atoms with Crippen LogP contribution in [-0.2, 0) is 14.6 Å². The van der Waals surface area contributed by atoms with E-state index in [4.69, 9.17) is 4.74 Å². The van der Waals surface area contributed by atoms with E-state index in [9.17, 15) is 8.42 Å². The maximum Gasteiger partial charge on any atom is 0.192 e. The molecule has 7 heteroatoms. The van der Waals surface area contributed by atoms with Crippen LogP contribution in [0.1, 0.15) is 0 Å². The second-order valence-corrected chi connectivity index (χ2v) is 5.55. The van der Waals surface area contributed by atoms with Gasteiger partial charge in [0.15, 0.2) is 14.9 Å². The molecule has 88 valence electrons. The van der Waals surface area contributed by atoms with Crippen LogP contribution >= 0.6 is 0 Å². The first-order valence-corrected chi connectivity index (χ1v) is 6.81. The second-order valence-electron chi connectivity index (χ2n) is 3.59. The van der Waals surface area contributed by atoms with Crippen LogP contribution < -0.4 is 4.90 Å². The van der Waals surface area contributed by atoms with Crippen molar-refractivity contribution in [3.05, 3.63) is 12.4 Å². The van der Waals surface area contributed by atoms with E-state index in [-0.39, 0.29) is 5.03 Å². The first kappa shape index (κ1) is 11.3. The highest BCUT2D eigenvalue weighted by molar-refractivity contribution is 7.90. The highest BCUT2D eigenvalue weighted by atomic mass is 32.2. The molecule has 1 aliphatic heterocycles. The lowest BCUT2D eigenvalue weighted by Gasteiger charge is -2.27.